The van der Waals surface area contributed by atoms with E-state index in [1.165, 1.54) is 29.5 Å². The van der Waals surface area contributed by atoms with Crippen LogP contribution in [0.5, 0.6) is 0 Å². The number of thioether (sulfide) groups is 1. The average molecular weight is 454 g/mol. The minimum atomic E-state index is -0.0660. The Labute approximate surface area is 187 Å². The van der Waals surface area contributed by atoms with Crippen molar-refractivity contribution < 1.29 is 4.79 Å². The molecule has 7 nitrogen and oxygen atoms in total. The van der Waals surface area contributed by atoms with E-state index in [0.29, 0.717) is 33.8 Å². The second kappa shape index (κ2) is 8.47. The fourth-order valence-electron chi connectivity index (χ4n) is 4.14. The van der Waals surface area contributed by atoms with Crippen LogP contribution in [0.4, 0.5) is 0 Å². The van der Waals surface area contributed by atoms with Gasteiger partial charge in [-0.25, -0.2) is 0 Å². The Hall–Kier alpha value is -2.65. The largest absolute Gasteiger partial charge is 0.342 e. The van der Waals surface area contributed by atoms with Gasteiger partial charge in [0.1, 0.15) is 4.70 Å². The van der Waals surface area contributed by atoms with Gasteiger partial charge in [0, 0.05) is 13.1 Å². The third kappa shape index (κ3) is 3.87. The van der Waals surface area contributed by atoms with Crippen LogP contribution in [0.3, 0.4) is 0 Å². The maximum absolute atomic E-state index is 13.1. The Morgan fingerprint density at radius 3 is 2.87 bits per heavy atom. The molecule has 1 fully saturated rings. The first-order valence-electron chi connectivity index (χ1n) is 10.4. The molecule has 0 radical (unpaired) electrons. The first kappa shape index (κ1) is 20.3. The molecule has 0 saturated carbocycles. The Morgan fingerprint density at radius 2 is 2.06 bits per heavy atom. The van der Waals surface area contributed by atoms with Gasteiger partial charge in [-0.1, -0.05) is 49.0 Å². The highest BCUT2D eigenvalue weighted by Crippen LogP contribution is 2.25. The molecule has 1 amide bonds. The van der Waals surface area contributed by atoms with Crippen LogP contribution >= 0.6 is 23.1 Å². The molecule has 4 aromatic rings. The highest BCUT2D eigenvalue weighted by molar-refractivity contribution is 7.99. The van der Waals surface area contributed by atoms with E-state index in [4.69, 9.17) is 0 Å². The predicted molar refractivity (Wildman–Crippen MR) is 124 cm³/mol. The van der Waals surface area contributed by atoms with Crippen LogP contribution in [0.1, 0.15) is 25.3 Å². The van der Waals surface area contributed by atoms with E-state index >= 15 is 0 Å². The lowest BCUT2D eigenvalue weighted by molar-refractivity contribution is -0.130. The van der Waals surface area contributed by atoms with Crippen molar-refractivity contribution in [3.05, 3.63) is 57.7 Å². The van der Waals surface area contributed by atoms with Crippen LogP contribution in [0.25, 0.3) is 16.0 Å². The van der Waals surface area contributed by atoms with Crippen molar-refractivity contribution in [2.24, 2.45) is 5.92 Å². The molecule has 0 bridgehead atoms. The van der Waals surface area contributed by atoms with Crippen molar-refractivity contribution >= 4 is 45.0 Å². The summed E-state index contributed by atoms with van der Waals surface area (Å²) in [6.07, 6.45) is 2.24. The summed E-state index contributed by atoms with van der Waals surface area (Å²) in [7, 11) is 0. The Bertz CT molecular complexity index is 1290. The SMILES string of the molecule is C[C@H]1CCCN(C(=O)CSc2nnc3n(Cc4ccccc4)c(=O)c4sccc4n23)C1. The predicted octanol–water partition coefficient (Wildman–Crippen LogP) is 3.50. The number of fused-ring (bicyclic) bond motifs is 3. The second-order valence-corrected chi connectivity index (χ2v) is 9.86. The van der Waals surface area contributed by atoms with E-state index in [-0.39, 0.29) is 11.5 Å². The number of nitrogens with zero attached hydrogens (tertiary/aromatic N) is 5. The van der Waals surface area contributed by atoms with Gasteiger partial charge in [0.05, 0.1) is 17.8 Å². The fraction of sp³-hybridized carbons (Fsp3) is 0.364. The maximum atomic E-state index is 13.1. The number of amides is 1. The number of hydrogen-bond acceptors (Lipinski definition) is 6. The van der Waals surface area contributed by atoms with Crippen LogP contribution in [0.2, 0.25) is 0 Å². The zero-order valence-electron chi connectivity index (χ0n) is 17.2. The minimum absolute atomic E-state index is 0.0660. The topological polar surface area (TPSA) is 72.5 Å². The number of hydrogen-bond donors (Lipinski definition) is 0. The lowest BCUT2D eigenvalue weighted by Gasteiger charge is -2.30. The third-order valence-electron chi connectivity index (χ3n) is 5.70. The summed E-state index contributed by atoms with van der Waals surface area (Å²) in [5, 5.41) is 11.2. The quantitative estimate of drug-likeness (QED) is 0.433. The number of aromatic nitrogens is 4. The minimum Gasteiger partial charge on any atom is -0.342 e. The standard InChI is InChI=1S/C22H23N5O2S2/c1-15-6-5-10-25(12-15)18(28)14-31-22-24-23-21-26(13-16-7-3-2-4-8-16)20(29)19-17(27(21)22)9-11-30-19/h2-4,7-9,11,15H,5-6,10,12-14H2,1H3/t15-/m0/s1. The summed E-state index contributed by atoms with van der Waals surface area (Å²) >= 11 is 2.80. The van der Waals surface area contributed by atoms with E-state index in [9.17, 15) is 9.59 Å². The summed E-state index contributed by atoms with van der Waals surface area (Å²) in [6.45, 7) is 4.27. The van der Waals surface area contributed by atoms with Crippen molar-refractivity contribution in [2.75, 3.05) is 18.8 Å². The van der Waals surface area contributed by atoms with Crippen LogP contribution in [-0.4, -0.2) is 48.8 Å². The molecule has 4 heterocycles. The normalized spacial score (nSPS) is 16.9. The molecule has 3 aromatic heterocycles. The molecule has 1 aromatic carbocycles. The van der Waals surface area contributed by atoms with Crippen molar-refractivity contribution in [1.82, 2.24) is 24.1 Å². The first-order valence-corrected chi connectivity index (χ1v) is 12.3. The molecular formula is C22H23N5O2S2. The molecule has 160 valence electrons. The summed E-state index contributed by atoms with van der Waals surface area (Å²) in [4.78, 5) is 27.8. The molecular weight excluding hydrogens is 430 g/mol. The van der Waals surface area contributed by atoms with Crippen molar-refractivity contribution in [2.45, 2.75) is 31.5 Å². The number of rotatable bonds is 5. The highest BCUT2D eigenvalue weighted by atomic mass is 32.2. The number of carbonyl (C=O) groups excluding carboxylic acids is 1. The van der Waals surface area contributed by atoms with Gasteiger partial charge in [-0.3, -0.25) is 18.6 Å². The highest BCUT2D eigenvalue weighted by Gasteiger charge is 2.23. The molecule has 1 saturated heterocycles. The van der Waals surface area contributed by atoms with Gasteiger partial charge in [0.15, 0.2) is 5.16 Å². The van der Waals surface area contributed by atoms with E-state index < -0.39 is 0 Å². The third-order valence-corrected chi connectivity index (χ3v) is 7.51. The van der Waals surface area contributed by atoms with Crippen LogP contribution in [0, 0.1) is 5.92 Å². The van der Waals surface area contributed by atoms with Gasteiger partial charge in [-0.05, 0) is 35.8 Å². The number of thiophene rings is 1. The zero-order valence-corrected chi connectivity index (χ0v) is 18.9. The van der Waals surface area contributed by atoms with Crippen molar-refractivity contribution in [3.63, 3.8) is 0 Å². The molecule has 1 aliphatic heterocycles. The molecule has 1 aliphatic rings. The molecule has 0 spiro atoms. The molecule has 31 heavy (non-hydrogen) atoms. The van der Waals surface area contributed by atoms with E-state index in [1.807, 2.05) is 51.1 Å². The Balaban J connectivity index is 1.49. The number of benzene rings is 1. The zero-order chi connectivity index (χ0) is 21.4. The van der Waals surface area contributed by atoms with Crippen LogP contribution in [0.15, 0.2) is 51.7 Å². The molecule has 0 unspecified atom stereocenters. The average Bonchev–Trinajstić information content (AvgIpc) is 3.43. The first-order chi connectivity index (χ1) is 15.1. The smallest absolute Gasteiger partial charge is 0.273 e. The summed E-state index contributed by atoms with van der Waals surface area (Å²) in [5.41, 5.74) is 1.75. The Kier molecular flexibility index (Phi) is 5.54. The van der Waals surface area contributed by atoms with Gasteiger partial charge in [-0.2, -0.15) is 0 Å². The fourth-order valence-corrected chi connectivity index (χ4v) is 5.80. The van der Waals surface area contributed by atoms with Gasteiger partial charge in [0.2, 0.25) is 11.7 Å². The molecule has 0 N–H and O–H groups in total. The van der Waals surface area contributed by atoms with Crippen molar-refractivity contribution in [1.29, 1.82) is 0 Å². The van der Waals surface area contributed by atoms with Crippen LogP contribution < -0.4 is 5.56 Å². The van der Waals surface area contributed by atoms with E-state index in [2.05, 4.69) is 17.1 Å². The van der Waals surface area contributed by atoms with Crippen molar-refractivity contribution in [3.8, 4) is 0 Å². The van der Waals surface area contributed by atoms with Gasteiger partial charge in [-0.15, -0.1) is 21.5 Å². The molecule has 9 heteroatoms. The monoisotopic (exact) mass is 453 g/mol. The number of likely N-dealkylation sites (tertiary alicyclic amines) is 1. The summed E-state index contributed by atoms with van der Waals surface area (Å²) < 4.78 is 4.24. The lowest BCUT2D eigenvalue weighted by Crippen LogP contribution is -2.40. The van der Waals surface area contributed by atoms with E-state index in [1.54, 1.807) is 4.57 Å². The lowest BCUT2D eigenvalue weighted by atomic mass is 10.0. The Morgan fingerprint density at radius 1 is 1.23 bits per heavy atom. The van der Waals surface area contributed by atoms with Crippen LogP contribution in [-0.2, 0) is 11.3 Å². The van der Waals surface area contributed by atoms with Gasteiger partial charge < -0.3 is 4.90 Å². The summed E-state index contributed by atoms with van der Waals surface area (Å²) in [5.74, 6) is 1.50. The molecule has 5 rings (SSSR count). The molecule has 0 aliphatic carbocycles. The number of carbonyl (C=O) groups is 1. The summed E-state index contributed by atoms with van der Waals surface area (Å²) in [6, 6.07) is 11.8. The van der Waals surface area contributed by atoms with E-state index in [0.717, 1.165) is 30.6 Å². The number of piperidine rings is 1. The molecule has 1 atom stereocenters. The van der Waals surface area contributed by atoms with Gasteiger partial charge >= 0.3 is 0 Å². The van der Waals surface area contributed by atoms with Gasteiger partial charge in [0.25, 0.3) is 5.56 Å². The second-order valence-electron chi connectivity index (χ2n) is 8.01. The maximum Gasteiger partial charge on any atom is 0.273 e.